The van der Waals surface area contributed by atoms with Crippen LogP contribution >= 0.6 is 0 Å². The summed E-state index contributed by atoms with van der Waals surface area (Å²) in [6, 6.07) is 4.51. The van der Waals surface area contributed by atoms with Crippen LogP contribution in [-0.2, 0) is 0 Å². The molecular weight excluding hydrogens is 180 g/mol. The molecule has 0 unspecified atom stereocenters. The Morgan fingerprint density at radius 1 is 1.14 bits per heavy atom. The topological polar surface area (TPSA) is 72.2 Å². The molecule has 4 heteroatoms. The fourth-order valence-corrected chi connectivity index (χ4v) is 1.29. The molecular formula is C10H12N2O2. The minimum Gasteiger partial charge on any atom is -0.351 e. The van der Waals surface area contributed by atoms with Crippen molar-refractivity contribution in [1.29, 1.82) is 0 Å². The van der Waals surface area contributed by atoms with Gasteiger partial charge in [0.2, 0.25) is 0 Å². The van der Waals surface area contributed by atoms with Gasteiger partial charge in [-0.1, -0.05) is 17.2 Å². The first kappa shape index (κ1) is 10.2. The molecule has 0 radical (unpaired) electrons. The van der Waals surface area contributed by atoms with E-state index >= 15 is 0 Å². The first-order chi connectivity index (χ1) is 6.49. The lowest BCUT2D eigenvalue weighted by atomic mass is 10.1. The first-order valence-electron chi connectivity index (χ1n) is 4.18. The van der Waals surface area contributed by atoms with E-state index in [1.165, 1.54) is 0 Å². The summed E-state index contributed by atoms with van der Waals surface area (Å²) < 4.78 is 0. The summed E-state index contributed by atoms with van der Waals surface area (Å²) in [5, 5.41) is 2.01. The molecule has 74 valence electrons. The van der Waals surface area contributed by atoms with Crippen LogP contribution in [-0.4, -0.2) is 11.9 Å². The van der Waals surface area contributed by atoms with Gasteiger partial charge in [-0.2, -0.15) is 0 Å². The summed E-state index contributed by atoms with van der Waals surface area (Å²) >= 11 is 0. The van der Waals surface area contributed by atoms with Gasteiger partial charge in [0.15, 0.2) is 0 Å². The molecule has 3 amide bonds. The van der Waals surface area contributed by atoms with Crippen LogP contribution in [0, 0.1) is 13.8 Å². The maximum absolute atomic E-state index is 11.3. The van der Waals surface area contributed by atoms with Crippen molar-refractivity contribution in [2.45, 2.75) is 13.8 Å². The fourth-order valence-electron chi connectivity index (χ4n) is 1.29. The summed E-state index contributed by atoms with van der Waals surface area (Å²) in [5.41, 5.74) is 7.23. The van der Waals surface area contributed by atoms with Crippen LogP contribution in [0.4, 0.5) is 4.79 Å². The lowest BCUT2D eigenvalue weighted by Crippen LogP contribution is -2.34. The van der Waals surface area contributed by atoms with Crippen molar-refractivity contribution in [1.82, 2.24) is 5.32 Å². The molecule has 0 spiro atoms. The second-order valence-electron chi connectivity index (χ2n) is 3.19. The second kappa shape index (κ2) is 3.91. The van der Waals surface area contributed by atoms with E-state index in [9.17, 15) is 9.59 Å². The lowest BCUT2D eigenvalue weighted by Gasteiger charge is -2.03. The molecule has 3 N–H and O–H groups in total. The van der Waals surface area contributed by atoms with Crippen molar-refractivity contribution >= 4 is 11.9 Å². The highest BCUT2D eigenvalue weighted by atomic mass is 16.2. The van der Waals surface area contributed by atoms with Gasteiger partial charge in [0, 0.05) is 5.56 Å². The average Bonchev–Trinajstić information content (AvgIpc) is 2.00. The Labute approximate surface area is 82.1 Å². The number of rotatable bonds is 1. The molecule has 0 aliphatic carbocycles. The number of nitrogens with one attached hydrogen (secondary N) is 1. The Morgan fingerprint density at radius 2 is 1.64 bits per heavy atom. The number of imide groups is 1. The summed E-state index contributed by atoms with van der Waals surface area (Å²) in [7, 11) is 0. The van der Waals surface area contributed by atoms with E-state index in [-0.39, 0.29) is 0 Å². The Morgan fingerprint density at radius 3 is 2.07 bits per heavy atom. The highest BCUT2D eigenvalue weighted by molar-refractivity contribution is 6.03. The van der Waals surface area contributed by atoms with Gasteiger partial charge in [-0.15, -0.1) is 0 Å². The highest BCUT2D eigenvalue weighted by Crippen LogP contribution is 2.08. The standard InChI is InChI=1S/C10H12N2O2/c1-6-3-7(2)5-8(4-6)9(13)12-10(11)14/h3-5H,1-2H3,(H3,11,12,13,14). The maximum atomic E-state index is 11.3. The van der Waals surface area contributed by atoms with Crippen LogP contribution in [0.1, 0.15) is 21.5 Å². The van der Waals surface area contributed by atoms with Gasteiger partial charge in [0.25, 0.3) is 5.91 Å². The largest absolute Gasteiger partial charge is 0.351 e. The molecule has 0 atom stereocenters. The molecule has 0 aliphatic heterocycles. The third kappa shape index (κ3) is 2.58. The van der Waals surface area contributed by atoms with Crippen LogP contribution in [0.2, 0.25) is 0 Å². The predicted molar refractivity (Wildman–Crippen MR) is 53.0 cm³/mol. The number of nitrogens with two attached hydrogens (primary N) is 1. The van der Waals surface area contributed by atoms with Gasteiger partial charge in [-0.3, -0.25) is 10.1 Å². The summed E-state index contributed by atoms with van der Waals surface area (Å²) in [6.07, 6.45) is 0. The minimum absolute atomic E-state index is 0.446. The number of hydrogen-bond acceptors (Lipinski definition) is 2. The number of benzene rings is 1. The van der Waals surface area contributed by atoms with Crippen molar-refractivity contribution in [3.63, 3.8) is 0 Å². The molecule has 0 saturated carbocycles. The molecule has 0 saturated heterocycles. The molecule has 0 fully saturated rings. The molecule has 1 rings (SSSR count). The highest BCUT2D eigenvalue weighted by Gasteiger charge is 2.07. The van der Waals surface area contributed by atoms with Crippen LogP contribution in [0.3, 0.4) is 0 Å². The Balaban J connectivity index is 2.95. The van der Waals surface area contributed by atoms with Gasteiger partial charge < -0.3 is 5.73 Å². The van der Waals surface area contributed by atoms with Crippen LogP contribution < -0.4 is 11.1 Å². The average molecular weight is 192 g/mol. The third-order valence-electron chi connectivity index (χ3n) is 1.72. The van der Waals surface area contributed by atoms with E-state index in [1.807, 2.05) is 25.2 Å². The normalized spacial score (nSPS) is 9.57. The van der Waals surface area contributed by atoms with E-state index < -0.39 is 11.9 Å². The molecule has 0 aliphatic rings. The Kier molecular flexibility index (Phi) is 2.86. The zero-order valence-corrected chi connectivity index (χ0v) is 8.13. The molecule has 14 heavy (non-hydrogen) atoms. The van der Waals surface area contributed by atoms with Crippen molar-refractivity contribution in [2.24, 2.45) is 5.73 Å². The zero-order chi connectivity index (χ0) is 10.7. The van der Waals surface area contributed by atoms with E-state index in [0.717, 1.165) is 11.1 Å². The predicted octanol–water partition coefficient (Wildman–Crippen LogP) is 1.11. The molecule has 0 heterocycles. The molecule has 0 bridgehead atoms. The number of carbonyl (C=O) groups excluding carboxylic acids is 2. The van der Waals surface area contributed by atoms with Gasteiger partial charge in [-0.25, -0.2) is 4.79 Å². The summed E-state index contributed by atoms with van der Waals surface area (Å²) in [4.78, 5) is 21.8. The summed E-state index contributed by atoms with van der Waals surface area (Å²) in [5.74, 6) is -0.468. The lowest BCUT2D eigenvalue weighted by molar-refractivity contribution is 0.0966. The SMILES string of the molecule is Cc1cc(C)cc(C(=O)NC(N)=O)c1. The number of urea groups is 1. The number of hydrogen-bond donors (Lipinski definition) is 2. The Hall–Kier alpha value is -1.84. The molecule has 1 aromatic rings. The van der Waals surface area contributed by atoms with E-state index in [2.05, 4.69) is 0 Å². The molecule has 1 aromatic carbocycles. The van der Waals surface area contributed by atoms with Gasteiger partial charge >= 0.3 is 6.03 Å². The molecule has 4 nitrogen and oxygen atoms in total. The molecule has 0 aromatic heterocycles. The number of aryl methyl sites for hydroxylation is 2. The summed E-state index contributed by atoms with van der Waals surface area (Å²) in [6.45, 7) is 3.77. The van der Waals surface area contributed by atoms with Crippen LogP contribution in [0.5, 0.6) is 0 Å². The fraction of sp³-hybridized carbons (Fsp3) is 0.200. The van der Waals surface area contributed by atoms with Gasteiger partial charge in [0.1, 0.15) is 0 Å². The second-order valence-corrected chi connectivity index (χ2v) is 3.19. The van der Waals surface area contributed by atoms with Crippen molar-refractivity contribution in [3.8, 4) is 0 Å². The van der Waals surface area contributed by atoms with E-state index in [4.69, 9.17) is 5.73 Å². The quantitative estimate of drug-likeness (QED) is 0.699. The van der Waals surface area contributed by atoms with E-state index in [1.54, 1.807) is 12.1 Å². The number of carbonyl (C=O) groups is 2. The van der Waals surface area contributed by atoms with Gasteiger partial charge in [0.05, 0.1) is 0 Å². The van der Waals surface area contributed by atoms with Gasteiger partial charge in [-0.05, 0) is 26.0 Å². The number of amides is 3. The minimum atomic E-state index is -0.839. The smallest absolute Gasteiger partial charge is 0.319 e. The van der Waals surface area contributed by atoms with Crippen molar-refractivity contribution < 1.29 is 9.59 Å². The maximum Gasteiger partial charge on any atom is 0.319 e. The number of primary amides is 1. The van der Waals surface area contributed by atoms with E-state index in [0.29, 0.717) is 5.56 Å². The zero-order valence-electron chi connectivity index (χ0n) is 8.13. The monoisotopic (exact) mass is 192 g/mol. The third-order valence-corrected chi connectivity index (χ3v) is 1.72. The Bertz CT molecular complexity index is 365. The first-order valence-corrected chi connectivity index (χ1v) is 4.18. The van der Waals surface area contributed by atoms with Crippen LogP contribution in [0.25, 0.3) is 0 Å². The van der Waals surface area contributed by atoms with Crippen LogP contribution in [0.15, 0.2) is 18.2 Å². The van der Waals surface area contributed by atoms with Crippen molar-refractivity contribution in [2.75, 3.05) is 0 Å². The van der Waals surface area contributed by atoms with Crippen molar-refractivity contribution in [3.05, 3.63) is 34.9 Å².